The normalized spacial score (nSPS) is 11.5. The second-order valence-corrected chi connectivity index (χ2v) is 8.19. The predicted molar refractivity (Wildman–Crippen MR) is 131 cm³/mol. The largest absolute Gasteiger partial charge is 0.484 e. The van der Waals surface area contributed by atoms with E-state index in [9.17, 15) is 14.0 Å². The summed E-state index contributed by atoms with van der Waals surface area (Å²) in [7, 11) is 0. The van der Waals surface area contributed by atoms with Gasteiger partial charge in [0, 0.05) is 19.5 Å². The Hall–Kier alpha value is -3.67. The molecule has 0 unspecified atom stereocenters. The van der Waals surface area contributed by atoms with Crippen molar-refractivity contribution in [2.75, 3.05) is 13.2 Å². The molecule has 0 aliphatic carbocycles. The Balaban J connectivity index is 1.89. The summed E-state index contributed by atoms with van der Waals surface area (Å²) in [5, 5.41) is 2.95. The molecule has 1 atom stereocenters. The van der Waals surface area contributed by atoms with Crippen molar-refractivity contribution < 1.29 is 18.7 Å². The number of nitrogens with zero attached hydrogens (tertiary/aromatic N) is 1. The highest BCUT2D eigenvalue weighted by Crippen LogP contribution is 2.18. The fourth-order valence-electron chi connectivity index (χ4n) is 3.65. The average Bonchev–Trinajstić information content (AvgIpc) is 2.85. The maximum Gasteiger partial charge on any atom is 0.261 e. The molecule has 0 saturated carbocycles. The first-order valence-corrected chi connectivity index (χ1v) is 11.5. The third kappa shape index (κ3) is 7.17. The number of carbonyl (C=O) groups excluding carboxylic acids is 2. The summed E-state index contributed by atoms with van der Waals surface area (Å²) >= 11 is 0. The summed E-state index contributed by atoms with van der Waals surface area (Å²) in [5.74, 6) is -0.509. The molecular weight excluding hydrogens is 431 g/mol. The van der Waals surface area contributed by atoms with Gasteiger partial charge in [-0.2, -0.15) is 0 Å². The zero-order chi connectivity index (χ0) is 24.3. The van der Waals surface area contributed by atoms with E-state index in [0.717, 1.165) is 23.1 Å². The molecule has 178 valence electrons. The molecule has 0 aliphatic rings. The molecule has 0 fully saturated rings. The number of amides is 2. The van der Waals surface area contributed by atoms with Crippen LogP contribution in [0.25, 0.3) is 0 Å². The minimum Gasteiger partial charge on any atom is -0.484 e. The Morgan fingerprint density at radius 3 is 2.32 bits per heavy atom. The van der Waals surface area contributed by atoms with E-state index in [1.165, 1.54) is 24.3 Å². The summed E-state index contributed by atoms with van der Waals surface area (Å²) in [5.41, 5.74) is 2.95. The number of aryl methyl sites for hydroxylation is 1. The van der Waals surface area contributed by atoms with E-state index in [1.54, 1.807) is 4.90 Å². The van der Waals surface area contributed by atoms with Gasteiger partial charge in [0.1, 0.15) is 17.6 Å². The van der Waals surface area contributed by atoms with Gasteiger partial charge in [0.15, 0.2) is 6.61 Å². The maximum absolute atomic E-state index is 13.5. The fourth-order valence-corrected chi connectivity index (χ4v) is 3.65. The van der Waals surface area contributed by atoms with Gasteiger partial charge >= 0.3 is 0 Å². The van der Waals surface area contributed by atoms with Crippen molar-refractivity contribution in [2.24, 2.45) is 0 Å². The van der Waals surface area contributed by atoms with Crippen molar-refractivity contribution in [3.63, 3.8) is 0 Å². The number of hydrogen-bond donors (Lipinski definition) is 1. The molecule has 3 aromatic rings. The zero-order valence-corrected chi connectivity index (χ0v) is 19.7. The molecular formula is C28H31FN2O3. The third-order valence-electron chi connectivity index (χ3n) is 5.60. The molecule has 1 N–H and O–H groups in total. The van der Waals surface area contributed by atoms with Crippen LogP contribution in [0, 0.1) is 12.7 Å². The predicted octanol–water partition coefficient (Wildman–Crippen LogP) is 4.68. The van der Waals surface area contributed by atoms with E-state index in [4.69, 9.17) is 4.74 Å². The highest BCUT2D eigenvalue weighted by Gasteiger charge is 2.30. The average molecular weight is 463 g/mol. The lowest BCUT2D eigenvalue weighted by molar-refractivity contribution is -0.142. The van der Waals surface area contributed by atoms with Gasteiger partial charge in [-0.3, -0.25) is 9.59 Å². The van der Waals surface area contributed by atoms with Crippen LogP contribution in [0.2, 0.25) is 0 Å². The lowest BCUT2D eigenvalue weighted by Gasteiger charge is -2.32. The number of benzene rings is 3. The highest BCUT2D eigenvalue weighted by atomic mass is 19.1. The number of ether oxygens (including phenoxy) is 1. The molecule has 0 bridgehead atoms. The summed E-state index contributed by atoms with van der Waals surface area (Å²) in [4.78, 5) is 28.3. The van der Waals surface area contributed by atoms with Crippen molar-refractivity contribution in [3.05, 3.63) is 101 Å². The molecule has 5 nitrogen and oxygen atoms in total. The Morgan fingerprint density at radius 1 is 0.971 bits per heavy atom. The molecule has 3 aromatic carbocycles. The lowest BCUT2D eigenvalue weighted by Crippen LogP contribution is -2.51. The number of rotatable bonds is 11. The molecule has 0 aliphatic heterocycles. The Kier molecular flexibility index (Phi) is 9.21. The Morgan fingerprint density at radius 2 is 1.65 bits per heavy atom. The lowest BCUT2D eigenvalue weighted by atomic mass is 10.0. The molecule has 0 aromatic heterocycles. The van der Waals surface area contributed by atoms with Gasteiger partial charge in [0.25, 0.3) is 5.91 Å². The summed E-state index contributed by atoms with van der Waals surface area (Å²) in [6.45, 7) is 4.51. The van der Waals surface area contributed by atoms with E-state index < -0.39 is 6.04 Å². The quantitative estimate of drug-likeness (QED) is 0.450. The molecule has 6 heteroatoms. The zero-order valence-electron chi connectivity index (χ0n) is 19.7. The molecule has 0 saturated heterocycles. The van der Waals surface area contributed by atoms with Crippen molar-refractivity contribution in [2.45, 2.75) is 39.3 Å². The first-order chi connectivity index (χ1) is 16.5. The first-order valence-electron chi connectivity index (χ1n) is 11.5. The van der Waals surface area contributed by atoms with Crippen molar-refractivity contribution in [1.82, 2.24) is 10.2 Å². The van der Waals surface area contributed by atoms with E-state index in [2.05, 4.69) is 5.32 Å². The van der Waals surface area contributed by atoms with Gasteiger partial charge in [0.2, 0.25) is 5.91 Å². The van der Waals surface area contributed by atoms with Crippen LogP contribution in [0.5, 0.6) is 5.75 Å². The fraction of sp³-hybridized carbons (Fsp3) is 0.286. The molecule has 2 amide bonds. The van der Waals surface area contributed by atoms with Crippen LogP contribution in [0.15, 0.2) is 78.9 Å². The van der Waals surface area contributed by atoms with E-state index in [0.29, 0.717) is 18.7 Å². The number of carbonyl (C=O) groups is 2. The maximum atomic E-state index is 13.5. The Labute approximate surface area is 200 Å². The molecule has 3 rings (SSSR count). The van der Waals surface area contributed by atoms with Crippen molar-refractivity contribution >= 4 is 11.8 Å². The van der Waals surface area contributed by atoms with Crippen LogP contribution in [-0.2, 0) is 22.6 Å². The molecule has 0 heterocycles. The standard InChI is InChI=1S/C28H31FN2O3/c1-3-17-30-28(33)26(18-22-10-5-4-6-11-22)31(19-23-12-8-7-9-21(23)2)27(32)20-34-25-15-13-24(29)14-16-25/h4-16,26H,3,17-20H2,1-2H3,(H,30,33)/t26-/m1/s1. The van der Waals surface area contributed by atoms with Crippen LogP contribution in [0.4, 0.5) is 4.39 Å². The van der Waals surface area contributed by atoms with Gasteiger partial charge < -0.3 is 15.0 Å². The monoisotopic (exact) mass is 462 g/mol. The topological polar surface area (TPSA) is 58.6 Å². The number of hydrogen-bond acceptors (Lipinski definition) is 3. The number of halogens is 1. The van der Waals surface area contributed by atoms with Gasteiger partial charge in [-0.25, -0.2) is 4.39 Å². The molecule has 34 heavy (non-hydrogen) atoms. The SMILES string of the molecule is CCCNC(=O)[C@@H](Cc1ccccc1)N(Cc1ccccc1C)C(=O)COc1ccc(F)cc1. The molecule has 0 radical (unpaired) electrons. The summed E-state index contributed by atoms with van der Waals surface area (Å²) < 4.78 is 18.9. The van der Waals surface area contributed by atoms with Crippen molar-refractivity contribution in [1.29, 1.82) is 0 Å². The second-order valence-electron chi connectivity index (χ2n) is 8.19. The van der Waals surface area contributed by atoms with Gasteiger partial charge in [-0.05, 0) is 54.3 Å². The van der Waals surface area contributed by atoms with Crippen LogP contribution in [-0.4, -0.2) is 35.9 Å². The summed E-state index contributed by atoms with van der Waals surface area (Å²) in [6.07, 6.45) is 1.17. The van der Waals surface area contributed by atoms with Crippen LogP contribution in [0.3, 0.4) is 0 Å². The molecule has 0 spiro atoms. The van der Waals surface area contributed by atoms with E-state index in [1.807, 2.05) is 68.4 Å². The first kappa shape index (κ1) is 25.0. The highest BCUT2D eigenvalue weighted by molar-refractivity contribution is 5.88. The second kappa shape index (κ2) is 12.5. The van der Waals surface area contributed by atoms with Gasteiger partial charge in [-0.1, -0.05) is 61.5 Å². The van der Waals surface area contributed by atoms with E-state index in [-0.39, 0.29) is 30.8 Å². The summed E-state index contributed by atoms with van der Waals surface area (Å²) in [6, 6.07) is 22.3. The van der Waals surface area contributed by atoms with Gasteiger partial charge in [-0.15, -0.1) is 0 Å². The van der Waals surface area contributed by atoms with Crippen LogP contribution < -0.4 is 10.1 Å². The minimum absolute atomic E-state index is 0.200. The minimum atomic E-state index is -0.710. The Bertz CT molecular complexity index is 1070. The number of nitrogens with one attached hydrogen (secondary N) is 1. The smallest absolute Gasteiger partial charge is 0.261 e. The van der Waals surface area contributed by atoms with Gasteiger partial charge in [0.05, 0.1) is 0 Å². The van der Waals surface area contributed by atoms with Crippen LogP contribution in [0.1, 0.15) is 30.0 Å². The van der Waals surface area contributed by atoms with Crippen LogP contribution >= 0.6 is 0 Å². The van der Waals surface area contributed by atoms with E-state index >= 15 is 0 Å². The third-order valence-corrected chi connectivity index (χ3v) is 5.60. The van der Waals surface area contributed by atoms with Crippen molar-refractivity contribution in [3.8, 4) is 5.75 Å².